The number of hydrogen-bond acceptors (Lipinski definition) is 3. The first-order chi connectivity index (χ1) is 11.0. The standard InChI is InChI=1S/C17H20N2O3S/c1-14-7-5-6-10-16(14)13-23(21,22)19-12-11-18-17(20)15-8-3-2-4-9-15/h2-10,19H,11-13H2,1H3,(H,18,20). The normalized spacial score (nSPS) is 11.2. The Kier molecular flexibility index (Phi) is 5.90. The molecule has 0 atom stereocenters. The third-order valence-electron chi connectivity index (χ3n) is 3.38. The van der Waals surface area contributed by atoms with Gasteiger partial charge < -0.3 is 5.32 Å². The number of hydrogen-bond donors (Lipinski definition) is 2. The van der Waals surface area contributed by atoms with E-state index in [9.17, 15) is 13.2 Å². The van der Waals surface area contributed by atoms with Crippen LogP contribution in [-0.2, 0) is 15.8 Å². The van der Waals surface area contributed by atoms with Gasteiger partial charge in [0.05, 0.1) is 5.75 Å². The third-order valence-corrected chi connectivity index (χ3v) is 4.71. The van der Waals surface area contributed by atoms with Crippen LogP contribution in [-0.4, -0.2) is 27.4 Å². The van der Waals surface area contributed by atoms with E-state index in [0.717, 1.165) is 11.1 Å². The molecule has 0 aliphatic carbocycles. The zero-order valence-corrected chi connectivity index (χ0v) is 13.8. The lowest BCUT2D eigenvalue weighted by Gasteiger charge is -2.09. The van der Waals surface area contributed by atoms with Crippen LogP contribution in [0.1, 0.15) is 21.5 Å². The molecule has 0 saturated carbocycles. The zero-order valence-electron chi connectivity index (χ0n) is 13.0. The number of amides is 1. The highest BCUT2D eigenvalue weighted by Gasteiger charge is 2.12. The van der Waals surface area contributed by atoms with Gasteiger partial charge in [-0.05, 0) is 30.2 Å². The minimum atomic E-state index is -3.42. The van der Waals surface area contributed by atoms with Crippen molar-refractivity contribution < 1.29 is 13.2 Å². The van der Waals surface area contributed by atoms with Gasteiger partial charge in [-0.1, -0.05) is 42.5 Å². The number of carbonyl (C=O) groups excluding carboxylic acids is 1. The molecule has 0 saturated heterocycles. The van der Waals surface area contributed by atoms with E-state index in [1.54, 1.807) is 30.3 Å². The van der Waals surface area contributed by atoms with Gasteiger partial charge in [0, 0.05) is 18.7 Å². The maximum Gasteiger partial charge on any atom is 0.251 e. The maximum atomic E-state index is 12.0. The Morgan fingerprint density at radius 2 is 1.61 bits per heavy atom. The molecule has 2 aromatic rings. The quantitative estimate of drug-likeness (QED) is 0.760. The summed E-state index contributed by atoms with van der Waals surface area (Å²) >= 11 is 0. The largest absolute Gasteiger partial charge is 0.351 e. The molecule has 0 aromatic heterocycles. The van der Waals surface area contributed by atoms with Crippen molar-refractivity contribution in [3.63, 3.8) is 0 Å². The minimum absolute atomic E-state index is 0.0632. The molecule has 122 valence electrons. The van der Waals surface area contributed by atoms with Crippen LogP contribution in [0.2, 0.25) is 0 Å². The van der Waals surface area contributed by atoms with E-state index in [0.29, 0.717) is 5.56 Å². The molecule has 0 spiro atoms. The molecule has 2 aromatic carbocycles. The van der Waals surface area contributed by atoms with Crippen molar-refractivity contribution in [2.75, 3.05) is 13.1 Å². The van der Waals surface area contributed by atoms with Gasteiger partial charge in [0.25, 0.3) is 5.91 Å². The van der Waals surface area contributed by atoms with Crippen LogP contribution < -0.4 is 10.0 Å². The van der Waals surface area contributed by atoms with Crippen LogP contribution in [0.4, 0.5) is 0 Å². The van der Waals surface area contributed by atoms with Gasteiger partial charge in [0.2, 0.25) is 10.0 Å². The summed E-state index contributed by atoms with van der Waals surface area (Å²) in [5, 5.41) is 2.68. The molecule has 1 amide bonds. The second kappa shape index (κ2) is 7.89. The summed E-state index contributed by atoms with van der Waals surface area (Å²) in [6.07, 6.45) is 0. The van der Waals surface area contributed by atoms with Gasteiger partial charge in [-0.2, -0.15) is 0 Å². The van der Waals surface area contributed by atoms with Crippen molar-refractivity contribution >= 4 is 15.9 Å². The molecule has 0 unspecified atom stereocenters. The fraction of sp³-hybridized carbons (Fsp3) is 0.235. The Morgan fingerprint density at radius 3 is 2.30 bits per heavy atom. The Labute approximate surface area is 136 Å². The molecule has 0 fully saturated rings. The van der Waals surface area contributed by atoms with Gasteiger partial charge >= 0.3 is 0 Å². The van der Waals surface area contributed by atoms with E-state index in [1.165, 1.54) is 0 Å². The third kappa shape index (κ3) is 5.50. The van der Waals surface area contributed by atoms with Crippen molar-refractivity contribution in [1.82, 2.24) is 10.0 Å². The zero-order chi connectivity index (χ0) is 16.7. The topological polar surface area (TPSA) is 75.3 Å². The molecule has 0 heterocycles. The van der Waals surface area contributed by atoms with E-state index >= 15 is 0 Å². The highest BCUT2D eigenvalue weighted by Crippen LogP contribution is 2.10. The predicted octanol–water partition coefficient (Wildman–Crippen LogP) is 1.84. The van der Waals surface area contributed by atoms with Crippen molar-refractivity contribution in [2.45, 2.75) is 12.7 Å². The molecule has 5 nitrogen and oxygen atoms in total. The molecule has 0 aliphatic rings. The maximum absolute atomic E-state index is 12.0. The molecule has 0 aliphatic heterocycles. The van der Waals surface area contributed by atoms with E-state index in [4.69, 9.17) is 0 Å². The lowest BCUT2D eigenvalue weighted by Crippen LogP contribution is -2.35. The number of aryl methyl sites for hydroxylation is 1. The average Bonchev–Trinajstić information content (AvgIpc) is 2.54. The van der Waals surface area contributed by atoms with Crippen LogP contribution in [0.5, 0.6) is 0 Å². The Bertz CT molecular complexity index is 758. The highest BCUT2D eigenvalue weighted by molar-refractivity contribution is 7.88. The monoisotopic (exact) mass is 332 g/mol. The van der Waals surface area contributed by atoms with Gasteiger partial charge in [-0.25, -0.2) is 13.1 Å². The average molecular weight is 332 g/mol. The Balaban J connectivity index is 1.79. The lowest BCUT2D eigenvalue weighted by atomic mass is 10.1. The van der Waals surface area contributed by atoms with Crippen LogP contribution in [0.25, 0.3) is 0 Å². The number of sulfonamides is 1. The number of rotatable bonds is 7. The van der Waals surface area contributed by atoms with E-state index in [1.807, 2.05) is 31.2 Å². The fourth-order valence-electron chi connectivity index (χ4n) is 2.10. The summed E-state index contributed by atoms with van der Waals surface area (Å²) in [6.45, 7) is 2.28. The number of carbonyl (C=O) groups is 1. The van der Waals surface area contributed by atoms with E-state index < -0.39 is 10.0 Å². The van der Waals surface area contributed by atoms with Crippen LogP contribution in [0.3, 0.4) is 0 Å². The van der Waals surface area contributed by atoms with Gasteiger partial charge in [0.1, 0.15) is 0 Å². The molecular weight excluding hydrogens is 312 g/mol. The Morgan fingerprint density at radius 1 is 0.957 bits per heavy atom. The summed E-state index contributed by atoms with van der Waals surface area (Å²) in [5.74, 6) is -0.282. The Hall–Kier alpha value is -2.18. The van der Waals surface area contributed by atoms with Gasteiger partial charge in [0.15, 0.2) is 0 Å². The second-order valence-electron chi connectivity index (χ2n) is 5.20. The van der Waals surface area contributed by atoms with Crippen molar-refractivity contribution in [3.8, 4) is 0 Å². The van der Waals surface area contributed by atoms with Gasteiger partial charge in [-0.15, -0.1) is 0 Å². The molecular formula is C17H20N2O3S. The fourth-order valence-corrected chi connectivity index (χ4v) is 3.35. The smallest absolute Gasteiger partial charge is 0.251 e. The van der Waals surface area contributed by atoms with E-state index in [2.05, 4.69) is 10.0 Å². The van der Waals surface area contributed by atoms with Crippen molar-refractivity contribution in [3.05, 3.63) is 71.3 Å². The summed E-state index contributed by atoms with van der Waals surface area (Å²) < 4.78 is 26.6. The molecule has 0 bridgehead atoms. The molecule has 2 rings (SSSR count). The van der Waals surface area contributed by atoms with Crippen molar-refractivity contribution in [2.24, 2.45) is 0 Å². The van der Waals surface area contributed by atoms with Crippen LogP contribution >= 0.6 is 0 Å². The highest BCUT2D eigenvalue weighted by atomic mass is 32.2. The SMILES string of the molecule is Cc1ccccc1CS(=O)(=O)NCCNC(=O)c1ccccc1. The van der Waals surface area contributed by atoms with E-state index in [-0.39, 0.29) is 24.7 Å². The number of benzene rings is 2. The van der Waals surface area contributed by atoms with Crippen molar-refractivity contribution in [1.29, 1.82) is 0 Å². The molecule has 23 heavy (non-hydrogen) atoms. The summed E-state index contributed by atoms with van der Waals surface area (Å²) in [5.41, 5.74) is 2.26. The first-order valence-corrected chi connectivity index (χ1v) is 8.98. The number of nitrogens with one attached hydrogen (secondary N) is 2. The molecule has 2 N–H and O–H groups in total. The summed E-state index contributed by atoms with van der Waals surface area (Å²) in [4.78, 5) is 11.8. The first kappa shape index (κ1) is 17.2. The van der Waals surface area contributed by atoms with Crippen LogP contribution in [0, 0.1) is 6.92 Å². The van der Waals surface area contributed by atoms with Crippen LogP contribution in [0.15, 0.2) is 54.6 Å². The molecule has 0 radical (unpaired) electrons. The second-order valence-corrected chi connectivity index (χ2v) is 7.01. The first-order valence-electron chi connectivity index (χ1n) is 7.33. The lowest BCUT2D eigenvalue weighted by molar-refractivity contribution is 0.0954. The predicted molar refractivity (Wildman–Crippen MR) is 90.6 cm³/mol. The molecule has 6 heteroatoms. The summed E-state index contributed by atoms with van der Waals surface area (Å²) in [7, 11) is -3.42. The summed E-state index contributed by atoms with van der Waals surface area (Å²) in [6, 6.07) is 16.2. The van der Waals surface area contributed by atoms with Gasteiger partial charge in [-0.3, -0.25) is 4.79 Å². The minimum Gasteiger partial charge on any atom is -0.351 e.